The highest BCUT2D eigenvalue weighted by Gasteiger charge is 2.24. The Morgan fingerprint density at radius 1 is 1.45 bits per heavy atom. The third kappa shape index (κ3) is 5.21. The third-order valence-corrected chi connectivity index (χ3v) is 3.15. The van der Waals surface area contributed by atoms with Crippen LogP contribution in [0.4, 0.5) is 0 Å². The lowest BCUT2D eigenvalue weighted by Gasteiger charge is -2.30. The number of guanidine groups is 1. The average molecular weight is 281 g/mol. The van der Waals surface area contributed by atoms with Crippen molar-refractivity contribution in [2.45, 2.75) is 33.4 Å². The lowest BCUT2D eigenvalue weighted by Crippen LogP contribution is -2.45. The van der Waals surface area contributed by atoms with Crippen LogP contribution in [-0.4, -0.2) is 42.5 Å². The molecule has 0 fully saturated rings. The summed E-state index contributed by atoms with van der Waals surface area (Å²) in [6.45, 7) is 7.89. The van der Waals surface area contributed by atoms with Gasteiger partial charge in [0.25, 0.3) is 0 Å². The lowest BCUT2D eigenvalue weighted by atomic mass is 9.89. The smallest absolute Gasteiger partial charge is 0.191 e. The number of rotatable bonds is 5. The van der Waals surface area contributed by atoms with Crippen molar-refractivity contribution in [3.8, 4) is 0 Å². The Morgan fingerprint density at radius 3 is 2.60 bits per heavy atom. The van der Waals surface area contributed by atoms with Gasteiger partial charge in [-0.15, -0.1) is 0 Å². The van der Waals surface area contributed by atoms with Crippen molar-refractivity contribution in [3.63, 3.8) is 0 Å². The third-order valence-electron chi connectivity index (χ3n) is 3.15. The highest BCUT2D eigenvalue weighted by Crippen LogP contribution is 2.20. The molecule has 0 saturated heterocycles. The number of hydrogen-bond acceptors (Lipinski definition) is 3. The zero-order valence-electron chi connectivity index (χ0n) is 13.4. The largest absolute Gasteiger partial charge is 0.379 e. The van der Waals surface area contributed by atoms with E-state index in [1.807, 2.05) is 19.4 Å². The molecule has 20 heavy (non-hydrogen) atoms. The van der Waals surface area contributed by atoms with Crippen molar-refractivity contribution in [2.75, 3.05) is 20.7 Å². The van der Waals surface area contributed by atoms with Crippen LogP contribution in [0, 0.1) is 5.41 Å². The molecule has 1 unspecified atom stereocenters. The second-order valence-electron chi connectivity index (χ2n) is 5.92. The molecule has 0 radical (unpaired) electrons. The van der Waals surface area contributed by atoms with Crippen LogP contribution in [-0.2, 0) is 18.3 Å². The number of methoxy groups -OCH3 is 1. The maximum Gasteiger partial charge on any atom is 0.191 e. The summed E-state index contributed by atoms with van der Waals surface area (Å²) in [6, 6.07) is 0. The van der Waals surface area contributed by atoms with Gasteiger partial charge in [-0.3, -0.25) is 9.67 Å². The van der Waals surface area contributed by atoms with Crippen LogP contribution in [0.15, 0.2) is 17.4 Å². The van der Waals surface area contributed by atoms with Gasteiger partial charge >= 0.3 is 0 Å². The summed E-state index contributed by atoms with van der Waals surface area (Å²) in [7, 11) is 5.41. The monoisotopic (exact) mass is 281 g/mol. The number of aliphatic imine (C=N–C) groups is 1. The fourth-order valence-corrected chi connectivity index (χ4v) is 1.90. The summed E-state index contributed by atoms with van der Waals surface area (Å²) < 4.78 is 7.30. The number of aromatic nitrogens is 2. The Bertz CT molecular complexity index is 433. The van der Waals surface area contributed by atoms with Gasteiger partial charge in [0.2, 0.25) is 0 Å². The minimum Gasteiger partial charge on any atom is -0.379 e. The molecule has 0 aliphatic rings. The van der Waals surface area contributed by atoms with Gasteiger partial charge in [0.15, 0.2) is 5.96 Å². The molecule has 0 aliphatic carbocycles. The first-order valence-corrected chi connectivity index (χ1v) is 6.81. The molecule has 6 heteroatoms. The minimum atomic E-state index is 0.0873. The van der Waals surface area contributed by atoms with Crippen molar-refractivity contribution in [1.29, 1.82) is 0 Å². The zero-order valence-corrected chi connectivity index (χ0v) is 13.4. The average Bonchev–Trinajstić information content (AvgIpc) is 2.78. The Hall–Kier alpha value is -1.56. The molecule has 0 aromatic carbocycles. The molecule has 0 bridgehead atoms. The number of ether oxygens (including phenoxy) is 1. The molecular formula is C14H27N5O. The van der Waals surface area contributed by atoms with Crippen molar-refractivity contribution in [3.05, 3.63) is 18.0 Å². The molecule has 1 aromatic rings. The Kier molecular flexibility index (Phi) is 6.01. The van der Waals surface area contributed by atoms with Gasteiger partial charge in [-0.25, -0.2) is 0 Å². The van der Waals surface area contributed by atoms with E-state index in [9.17, 15) is 0 Å². The summed E-state index contributed by atoms with van der Waals surface area (Å²) >= 11 is 0. The fourth-order valence-electron chi connectivity index (χ4n) is 1.90. The predicted octanol–water partition coefficient (Wildman–Crippen LogP) is 1.15. The fraction of sp³-hybridized carbons (Fsp3) is 0.714. The molecule has 114 valence electrons. The van der Waals surface area contributed by atoms with Crippen molar-refractivity contribution >= 4 is 5.96 Å². The quantitative estimate of drug-likeness (QED) is 0.628. The highest BCUT2D eigenvalue weighted by molar-refractivity contribution is 5.79. The molecule has 0 aliphatic heterocycles. The van der Waals surface area contributed by atoms with E-state index in [2.05, 4.69) is 41.5 Å². The molecule has 0 amide bonds. The highest BCUT2D eigenvalue weighted by atomic mass is 16.5. The van der Waals surface area contributed by atoms with Crippen LogP contribution in [0.5, 0.6) is 0 Å². The maximum absolute atomic E-state index is 5.52. The first kappa shape index (κ1) is 16.5. The molecule has 1 aromatic heterocycles. The lowest BCUT2D eigenvalue weighted by molar-refractivity contribution is 0.0205. The van der Waals surface area contributed by atoms with Crippen molar-refractivity contribution in [2.24, 2.45) is 17.5 Å². The predicted molar refractivity (Wildman–Crippen MR) is 81.7 cm³/mol. The number of hydrogen-bond donors (Lipinski definition) is 2. The molecule has 1 atom stereocenters. The zero-order chi connectivity index (χ0) is 15.2. The van der Waals surface area contributed by atoms with Gasteiger partial charge in [0, 0.05) is 46.1 Å². The van der Waals surface area contributed by atoms with E-state index in [0.29, 0.717) is 13.1 Å². The van der Waals surface area contributed by atoms with E-state index in [4.69, 9.17) is 4.74 Å². The van der Waals surface area contributed by atoms with Crippen molar-refractivity contribution in [1.82, 2.24) is 20.4 Å². The van der Waals surface area contributed by atoms with E-state index in [-0.39, 0.29) is 11.5 Å². The first-order valence-electron chi connectivity index (χ1n) is 6.81. The van der Waals surface area contributed by atoms with E-state index in [1.54, 1.807) is 18.8 Å². The van der Waals surface area contributed by atoms with Crippen LogP contribution < -0.4 is 10.6 Å². The van der Waals surface area contributed by atoms with Crippen molar-refractivity contribution < 1.29 is 4.74 Å². The minimum absolute atomic E-state index is 0.0873. The van der Waals surface area contributed by atoms with Gasteiger partial charge in [0.1, 0.15) is 0 Å². The summed E-state index contributed by atoms with van der Waals surface area (Å²) in [5, 5.41) is 10.7. The van der Waals surface area contributed by atoms with Crippen LogP contribution in [0.3, 0.4) is 0 Å². The number of aryl methyl sites for hydroxylation is 1. The van der Waals surface area contributed by atoms with Crippen LogP contribution in [0.1, 0.15) is 26.3 Å². The molecule has 2 N–H and O–H groups in total. The number of nitrogens with one attached hydrogen (secondary N) is 2. The standard InChI is InChI=1S/C14H27N5O/c1-14(2,3)12(20-6)9-17-13(15-4)16-7-11-8-18-19(5)10-11/h8,10,12H,7,9H2,1-6H3,(H2,15,16,17). The summed E-state index contributed by atoms with van der Waals surface area (Å²) in [5.41, 5.74) is 1.21. The molecule has 0 saturated carbocycles. The van der Waals surface area contributed by atoms with Gasteiger partial charge < -0.3 is 15.4 Å². The van der Waals surface area contributed by atoms with E-state index in [0.717, 1.165) is 11.5 Å². The van der Waals surface area contributed by atoms with Gasteiger partial charge in [-0.2, -0.15) is 5.10 Å². The summed E-state index contributed by atoms with van der Waals surface area (Å²) in [6.07, 6.45) is 3.94. The van der Waals surface area contributed by atoms with E-state index in [1.165, 1.54) is 0 Å². The molecule has 0 spiro atoms. The Labute approximate surface area is 121 Å². The van der Waals surface area contributed by atoms with Gasteiger partial charge in [0.05, 0.1) is 12.3 Å². The summed E-state index contributed by atoms with van der Waals surface area (Å²) in [4.78, 5) is 4.21. The normalized spacial score (nSPS) is 14.2. The number of nitrogens with zero attached hydrogens (tertiary/aromatic N) is 3. The van der Waals surface area contributed by atoms with Crippen LogP contribution >= 0.6 is 0 Å². The van der Waals surface area contributed by atoms with E-state index < -0.39 is 0 Å². The first-order chi connectivity index (χ1) is 9.36. The van der Waals surface area contributed by atoms with Gasteiger partial charge in [-0.05, 0) is 5.41 Å². The SMILES string of the molecule is CN=C(NCc1cnn(C)c1)NCC(OC)C(C)(C)C. The molecular weight excluding hydrogens is 254 g/mol. The van der Waals surface area contributed by atoms with Crippen LogP contribution in [0.2, 0.25) is 0 Å². The van der Waals surface area contributed by atoms with E-state index >= 15 is 0 Å². The second-order valence-corrected chi connectivity index (χ2v) is 5.92. The molecule has 1 rings (SSSR count). The topological polar surface area (TPSA) is 63.5 Å². The summed E-state index contributed by atoms with van der Waals surface area (Å²) in [5.74, 6) is 0.764. The molecule has 1 heterocycles. The van der Waals surface area contributed by atoms with Crippen LogP contribution in [0.25, 0.3) is 0 Å². The molecule has 6 nitrogen and oxygen atoms in total. The van der Waals surface area contributed by atoms with Gasteiger partial charge in [-0.1, -0.05) is 20.8 Å². The Morgan fingerprint density at radius 2 is 2.15 bits per heavy atom. The maximum atomic E-state index is 5.52. The Balaban J connectivity index is 2.44. The second kappa shape index (κ2) is 7.28.